The summed E-state index contributed by atoms with van der Waals surface area (Å²) in [6, 6.07) is 1.19. The van der Waals surface area contributed by atoms with Gasteiger partial charge in [-0.2, -0.15) is 0 Å². The molecule has 0 unspecified atom stereocenters. The highest BCUT2D eigenvalue weighted by Crippen LogP contribution is 2.51. The Bertz CT molecular complexity index is 374. The van der Waals surface area contributed by atoms with Crippen LogP contribution in [0.3, 0.4) is 0 Å². The number of hydrogen-bond acceptors (Lipinski definition) is 2. The maximum Gasteiger partial charge on any atom is 0.319 e. The maximum absolute atomic E-state index is 12.5. The van der Waals surface area contributed by atoms with Gasteiger partial charge in [-0.05, 0) is 49.7 Å². The van der Waals surface area contributed by atoms with Crippen molar-refractivity contribution in [3.05, 3.63) is 12.2 Å². The van der Waals surface area contributed by atoms with Crippen molar-refractivity contribution in [1.82, 2.24) is 0 Å². The molecule has 2 fully saturated rings. The lowest BCUT2D eigenvalue weighted by atomic mass is 9.99. The first-order valence-corrected chi connectivity index (χ1v) is 12.3. The lowest BCUT2D eigenvalue weighted by Crippen LogP contribution is -2.50. The van der Waals surface area contributed by atoms with Crippen molar-refractivity contribution in [2.24, 2.45) is 0 Å². The van der Waals surface area contributed by atoms with Crippen molar-refractivity contribution < 1.29 is 9.22 Å². The molecule has 0 aromatic heterocycles. The van der Waals surface area contributed by atoms with Crippen LogP contribution in [0.15, 0.2) is 12.2 Å². The van der Waals surface area contributed by atoms with E-state index in [1.807, 2.05) is 6.92 Å². The first-order valence-electron chi connectivity index (χ1n) is 9.99. The summed E-state index contributed by atoms with van der Waals surface area (Å²) in [6.07, 6.45) is 15.7. The zero-order chi connectivity index (χ0) is 16.7. The number of carbonyl (C=O) groups is 1. The van der Waals surface area contributed by atoms with Crippen LogP contribution in [0.2, 0.25) is 17.1 Å². The van der Waals surface area contributed by atoms with Gasteiger partial charge >= 0.3 is 5.97 Å². The van der Waals surface area contributed by atoms with Crippen LogP contribution in [0.4, 0.5) is 0 Å². The molecule has 0 heterocycles. The molecule has 23 heavy (non-hydrogen) atoms. The summed E-state index contributed by atoms with van der Waals surface area (Å²) in [5, 5.41) is 0. The number of unbranched alkanes of at least 4 members (excludes halogenated alkanes) is 1. The van der Waals surface area contributed by atoms with Gasteiger partial charge in [-0.1, -0.05) is 64.9 Å². The Hall–Kier alpha value is -0.573. The van der Waals surface area contributed by atoms with Crippen molar-refractivity contribution >= 4 is 14.3 Å². The van der Waals surface area contributed by atoms with Crippen molar-refractivity contribution in [2.75, 3.05) is 0 Å². The Morgan fingerprint density at radius 2 is 1.48 bits per heavy atom. The molecule has 0 atom stereocenters. The molecule has 0 radical (unpaired) electrons. The molecule has 0 aromatic carbocycles. The molecule has 2 aliphatic rings. The minimum absolute atomic E-state index is 0.0936. The third-order valence-corrected chi connectivity index (χ3v) is 11.8. The van der Waals surface area contributed by atoms with E-state index in [2.05, 4.69) is 13.5 Å². The van der Waals surface area contributed by atoms with Crippen LogP contribution in [-0.4, -0.2) is 14.3 Å². The van der Waals surface area contributed by atoms with Gasteiger partial charge in [0.1, 0.15) is 0 Å². The molecule has 0 aromatic rings. The summed E-state index contributed by atoms with van der Waals surface area (Å²) in [4.78, 5) is 12.5. The second kappa shape index (κ2) is 9.05. The maximum atomic E-state index is 12.5. The summed E-state index contributed by atoms with van der Waals surface area (Å²) in [7, 11) is -2.05. The van der Waals surface area contributed by atoms with Crippen molar-refractivity contribution in [1.29, 1.82) is 0 Å². The van der Waals surface area contributed by atoms with E-state index in [0.29, 0.717) is 16.7 Å². The smallest absolute Gasteiger partial charge is 0.319 e. The normalized spacial score (nSPS) is 21.1. The van der Waals surface area contributed by atoms with Crippen molar-refractivity contribution in [2.45, 2.75) is 108 Å². The Balaban J connectivity index is 2.29. The van der Waals surface area contributed by atoms with E-state index < -0.39 is 8.32 Å². The second-order valence-corrected chi connectivity index (χ2v) is 12.1. The van der Waals surface area contributed by atoms with Gasteiger partial charge in [0.25, 0.3) is 8.32 Å². The van der Waals surface area contributed by atoms with Crippen LogP contribution in [0.25, 0.3) is 0 Å². The largest absolute Gasteiger partial charge is 0.515 e. The molecule has 0 amide bonds. The SMILES string of the molecule is C=C(C)C(=O)O[Si](CCCC)(C1CCCCC1)C1CCCCC1. The van der Waals surface area contributed by atoms with Crippen LogP contribution < -0.4 is 0 Å². The fourth-order valence-corrected chi connectivity index (χ4v) is 11.0. The molecule has 3 heteroatoms. The number of hydrogen-bond donors (Lipinski definition) is 0. The molecule has 0 saturated heterocycles. The fraction of sp³-hybridized carbons (Fsp3) is 0.850. The third kappa shape index (κ3) is 4.71. The lowest BCUT2D eigenvalue weighted by Gasteiger charge is -2.46. The minimum Gasteiger partial charge on any atom is -0.515 e. The quantitative estimate of drug-likeness (QED) is 0.391. The van der Waals surface area contributed by atoms with E-state index in [4.69, 9.17) is 4.43 Å². The Labute approximate surface area is 144 Å². The molecule has 0 aliphatic heterocycles. The second-order valence-electron chi connectivity index (χ2n) is 7.90. The van der Waals surface area contributed by atoms with E-state index in [0.717, 1.165) is 0 Å². The van der Waals surface area contributed by atoms with Gasteiger partial charge in [0.05, 0.1) is 0 Å². The van der Waals surface area contributed by atoms with Crippen LogP contribution in [0.5, 0.6) is 0 Å². The minimum atomic E-state index is -2.05. The standard InChI is InChI=1S/C20H36O2Si/c1-4-5-16-23(22-20(21)17(2)3,18-12-8-6-9-13-18)19-14-10-7-11-15-19/h18-19H,2,4-16H2,1,3H3. The summed E-state index contributed by atoms with van der Waals surface area (Å²) >= 11 is 0. The Kier molecular flexibility index (Phi) is 7.38. The molecular weight excluding hydrogens is 300 g/mol. The highest BCUT2D eigenvalue weighted by atomic mass is 28.4. The van der Waals surface area contributed by atoms with Gasteiger partial charge in [0, 0.05) is 5.57 Å². The Morgan fingerprint density at radius 1 is 1.00 bits per heavy atom. The summed E-state index contributed by atoms with van der Waals surface area (Å²) in [6.45, 7) is 7.93. The fourth-order valence-electron chi connectivity index (χ4n) is 4.85. The zero-order valence-corrected chi connectivity index (χ0v) is 16.4. The zero-order valence-electron chi connectivity index (χ0n) is 15.4. The van der Waals surface area contributed by atoms with E-state index in [9.17, 15) is 4.79 Å². The molecule has 0 spiro atoms. The van der Waals surface area contributed by atoms with E-state index in [1.54, 1.807) is 0 Å². The molecule has 2 saturated carbocycles. The molecule has 2 nitrogen and oxygen atoms in total. The molecule has 2 aliphatic carbocycles. The molecule has 0 N–H and O–H groups in total. The highest BCUT2D eigenvalue weighted by Gasteiger charge is 2.51. The van der Waals surface area contributed by atoms with Crippen LogP contribution in [0.1, 0.15) is 90.9 Å². The van der Waals surface area contributed by atoms with Gasteiger partial charge in [0.15, 0.2) is 0 Å². The van der Waals surface area contributed by atoms with Gasteiger partial charge in [-0.15, -0.1) is 0 Å². The first kappa shape index (κ1) is 18.8. The number of rotatable bonds is 7. The topological polar surface area (TPSA) is 26.3 Å². The molecule has 132 valence electrons. The van der Waals surface area contributed by atoms with E-state index in [-0.39, 0.29) is 5.97 Å². The predicted octanol–water partition coefficient (Wildman–Crippen LogP) is 6.52. The van der Waals surface area contributed by atoms with Crippen LogP contribution in [0, 0.1) is 0 Å². The van der Waals surface area contributed by atoms with Gasteiger partial charge in [-0.3, -0.25) is 0 Å². The van der Waals surface area contributed by atoms with Crippen LogP contribution in [-0.2, 0) is 9.22 Å². The summed E-state index contributed by atoms with van der Waals surface area (Å²) in [5.41, 5.74) is 1.99. The van der Waals surface area contributed by atoms with Gasteiger partial charge < -0.3 is 4.43 Å². The monoisotopic (exact) mass is 336 g/mol. The summed E-state index contributed by atoms with van der Waals surface area (Å²) < 4.78 is 6.48. The van der Waals surface area contributed by atoms with E-state index >= 15 is 0 Å². The number of carbonyl (C=O) groups excluding carboxylic acids is 1. The van der Waals surface area contributed by atoms with Gasteiger partial charge in [-0.25, -0.2) is 4.79 Å². The Morgan fingerprint density at radius 3 is 1.87 bits per heavy atom. The lowest BCUT2D eigenvalue weighted by molar-refractivity contribution is -0.131. The van der Waals surface area contributed by atoms with Crippen LogP contribution >= 0.6 is 0 Å². The van der Waals surface area contributed by atoms with Gasteiger partial charge in [0.2, 0.25) is 0 Å². The van der Waals surface area contributed by atoms with Crippen molar-refractivity contribution in [3.8, 4) is 0 Å². The average molecular weight is 337 g/mol. The highest BCUT2D eigenvalue weighted by molar-refractivity contribution is 6.78. The predicted molar refractivity (Wildman–Crippen MR) is 100 cm³/mol. The third-order valence-electron chi connectivity index (χ3n) is 6.14. The first-order chi connectivity index (χ1) is 11.1. The molecule has 0 bridgehead atoms. The van der Waals surface area contributed by atoms with E-state index in [1.165, 1.54) is 83.1 Å². The molecule has 2 rings (SSSR count). The average Bonchev–Trinajstić information content (AvgIpc) is 2.60. The molecular formula is C20H36O2Si. The summed E-state index contributed by atoms with van der Waals surface area (Å²) in [5.74, 6) is -0.0936. The van der Waals surface area contributed by atoms with Crippen molar-refractivity contribution in [3.63, 3.8) is 0 Å².